The predicted molar refractivity (Wildman–Crippen MR) is 97.7 cm³/mol. The number of benzene rings is 1. The van der Waals surface area contributed by atoms with Crippen molar-refractivity contribution in [3.05, 3.63) is 58.0 Å². The van der Waals surface area contributed by atoms with Crippen LogP contribution in [0, 0.1) is 13.8 Å². The molecule has 4 rings (SSSR count). The second kappa shape index (κ2) is 6.67. The van der Waals surface area contributed by atoms with Crippen LogP contribution in [0.3, 0.4) is 0 Å². The van der Waals surface area contributed by atoms with Crippen molar-refractivity contribution < 1.29 is 9.53 Å². The van der Waals surface area contributed by atoms with E-state index in [2.05, 4.69) is 20.1 Å². The van der Waals surface area contributed by atoms with Gasteiger partial charge in [-0.3, -0.25) is 4.57 Å². The molecule has 0 saturated carbocycles. The van der Waals surface area contributed by atoms with Gasteiger partial charge in [0.15, 0.2) is 0 Å². The molecule has 0 amide bonds. The fourth-order valence-corrected chi connectivity index (χ4v) is 3.03. The van der Waals surface area contributed by atoms with Crippen molar-refractivity contribution in [3.63, 3.8) is 0 Å². The average molecular weight is 366 g/mol. The molecule has 3 aromatic heterocycles. The first kappa shape index (κ1) is 17.0. The van der Waals surface area contributed by atoms with E-state index in [4.69, 9.17) is 4.74 Å². The largest absolute Gasteiger partial charge is 0.460 e. The molecule has 1 aromatic carbocycles. The van der Waals surface area contributed by atoms with Gasteiger partial charge >= 0.3 is 11.7 Å². The SMILES string of the molecule is Cc1cc(C)n2nc(C(=O)OCCCn3c(=O)[nH]c4ccccc43)nc2n1. The van der Waals surface area contributed by atoms with E-state index >= 15 is 0 Å². The van der Waals surface area contributed by atoms with Crippen LogP contribution in [0.2, 0.25) is 0 Å². The van der Waals surface area contributed by atoms with Crippen molar-refractivity contribution in [1.82, 2.24) is 29.1 Å². The number of hydrogen-bond donors (Lipinski definition) is 1. The Balaban J connectivity index is 1.40. The van der Waals surface area contributed by atoms with E-state index in [0.29, 0.717) is 18.7 Å². The number of aromatic amines is 1. The molecular weight excluding hydrogens is 348 g/mol. The van der Waals surface area contributed by atoms with Crippen LogP contribution < -0.4 is 5.69 Å². The quantitative estimate of drug-likeness (QED) is 0.425. The molecule has 1 N–H and O–H groups in total. The Morgan fingerprint density at radius 2 is 2.04 bits per heavy atom. The highest BCUT2D eigenvalue weighted by Gasteiger charge is 2.16. The smallest absolute Gasteiger partial charge is 0.378 e. The zero-order chi connectivity index (χ0) is 19.0. The molecule has 0 aliphatic rings. The van der Waals surface area contributed by atoms with E-state index in [-0.39, 0.29) is 18.1 Å². The number of ether oxygens (including phenoxy) is 1. The summed E-state index contributed by atoms with van der Waals surface area (Å²) in [5.41, 5.74) is 3.07. The normalized spacial score (nSPS) is 11.3. The van der Waals surface area contributed by atoms with Gasteiger partial charge in [0.2, 0.25) is 0 Å². The van der Waals surface area contributed by atoms with Crippen molar-refractivity contribution in [2.45, 2.75) is 26.8 Å². The lowest BCUT2D eigenvalue weighted by Gasteiger charge is -2.04. The van der Waals surface area contributed by atoms with Gasteiger partial charge in [-0.2, -0.15) is 4.98 Å². The van der Waals surface area contributed by atoms with Gasteiger partial charge in [0, 0.05) is 17.9 Å². The standard InChI is InChI=1S/C18H18N6O3/c1-11-10-12(2)24-17(19-11)21-15(22-24)16(25)27-9-5-8-23-14-7-4-3-6-13(14)20-18(23)26/h3-4,6-7,10H,5,8-9H2,1-2H3,(H,20,26). The van der Waals surface area contributed by atoms with Crippen molar-refractivity contribution in [2.75, 3.05) is 6.61 Å². The van der Waals surface area contributed by atoms with E-state index in [0.717, 1.165) is 22.4 Å². The van der Waals surface area contributed by atoms with Gasteiger partial charge in [0.05, 0.1) is 17.6 Å². The van der Waals surface area contributed by atoms with Gasteiger partial charge in [-0.1, -0.05) is 12.1 Å². The van der Waals surface area contributed by atoms with Crippen molar-refractivity contribution in [2.24, 2.45) is 0 Å². The van der Waals surface area contributed by atoms with Crippen LogP contribution in [0.15, 0.2) is 35.1 Å². The summed E-state index contributed by atoms with van der Waals surface area (Å²) < 4.78 is 8.38. The zero-order valence-electron chi connectivity index (χ0n) is 15.0. The van der Waals surface area contributed by atoms with Crippen LogP contribution in [0.25, 0.3) is 16.8 Å². The van der Waals surface area contributed by atoms with E-state index in [1.54, 1.807) is 4.57 Å². The number of aryl methyl sites for hydroxylation is 3. The van der Waals surface area contributed by atoms with Gasteiger partial charge in [-0.25, -0.2) is 19.1 Å². The summed E-state index contributed by atoms with van der Waals surface area (Å²) in [5.74, 6) is -0.269. The van der Waals surface area contributed by atoms with E-state index < -0.39 is 5.97 Å². The Kier molecular flexibility index (Phi) is 4.19. The summed E-state index contributed by atoms with van der Waals surface area (Å²) in [5, 5.41) is 4.15. The number of para-hydroxylation sites is 2. The summed E-state index contributed by atoms with van der Waals surface area (Å²) in [6.45, 7) is 4.32. The number of rotatable bonds is 5. The predicted octanol–water partition coefficient (Wildman–Crippen LogP) is 1.63. The molecule has 0 atom stereocenters. The monoisotopic (exact) mass is 366 g/mol. The molecular formula is C18H18N6O3. The number of hydrogen-bond acceptors (Lipinski definition) is 6. The number of fused-ring (bicyclic) bond motifs is 2. The Morgan fingerprint density at radius 3 is 2.89 bits per heavy atom. The Labute approximate surface area is 153 Å². The fourth-order valence-electron chi connectivity index (χ4n) is 3.03. The summed E-state index contributed by atoms with van der Waals surface area (Å²) in [4.78, 5) is 35.4. The average Bonchev–Trinajstić information content (AvgIpc) is 3.19. The highest BCUT2D eigenvalue weighted by atomic mass is 16.5. The second-order valence-electron chi connectivity index (χ2n) is 6.27. The molecule has 0 aliphatic carbocycles. The first-order chi connectivity index (χ1) is 13.0. The molecule has 9 nitrogen and oxygen atoms in total. The third-order valence-corrected chi connectivity index (χ3v) is 4.24. The van der Waals surface area contributed by atoms with Gasteiger partial charge in [0.25, 0.3) is 11.6 Å². The number of imidazole rings is 1. The molecule has 0 radical (unpaired) electrons. The first-order valence-corrected chi connectivity index (χ1v) is 8.58. The minimum atomic E-state index is -0.608. The minimum absolute atomic E-state index is 0.0274. The lowest BCUT2D eigenvalue weighted by Crippen LogP contribution is -2.18. The lowest BCUT2D eigenvalue weighted by molar-refractivity contribution is 0.0482. The molecule has 138 valence electrons. The molecule has 3 heterocycles. The van der Waals surface area contributed by atoms with E-state index in [1.807, 2.05) is 44.2 Å². The first-order valence-electron chi connectivity index (χ1n) is 8.58. The van der Waals surface area contributed by atoms with Crippen LogP contribution in [0.5, 0.6) is 0 Å². The molecule has 0 aliphatic heterocycles. The number of nitrogens with one attached hydrogen (secondary N) is 1. The molecule has 0 unspecified atom stereocenters. The maximum atomic E-state index is 12.2. The number of carbonyl (C=O) groups excluding carboxylic acids is 1. The molecule has 0 saturated heterocycles. The van der Waals surface area contributed by atoms with Gasteiger partial charge < -0.3 is 9.72 Å². The Hall–Kier alpha value is -3.49. The number of carbonyl (C=O) groups is 1. The topological polar surface area (TPSA) is 107 Å². The van der Waals surface area contributed by atoms with Crippen molar-refractivity contribution >= 4 is 22.8 Å². The molecule has 0 bridgehead atoms. The number of aromatic nitrogens is 6. The van der Waals surface area contributed by atoms with Crippen molar-refractivity contribution in [3.8, 4) is 0 Å². The van der Waals surface area contributed by atoms with Gasteiger partial charge in [-0.05, 0) is 38.5 Å². The molecule has 0 fully saturated rings. The van der Waals surface area contributed by atoms with Gasteiger partial charge in [-0.15, -0.1) is 5.10 Å². The number of esters is 1. The summed E-state index contributed by atoms with van der Waals surface area (Å²) >= 11 is 0. The summed E-state index contributed by atoms with van der Waals surface area (Å²) in [6.07, 6.45) is 0.497. The number of nitrogens with zero attached hydrogens (tertiary/aromatic N) is 5. The second-order valence-corrected chi connectivity index (χ2v) is 6.27. The van der Waals surface area contributed by atoms with E-state index in [9.17, 15) is 9.59 Å². The van der Waals surface area contributed by atoms with Gasteiger partial charge in [0.1, 0.15) is 0 Å². The minimum Gasteiger partial charge on any atom is -0.460 e. The van der Waals surface area contributed by atoms with Crippen LogP contribution in [-0.4, -0.2) is 41.7 Å². The fraction of sp³-hybridized carbons (Fsp3) is 0.278. The van der Waals surface area contributed by atoms with Crippen LogP contribution in [-0.2, 0) is 11.3 Å². The Bertz CT molecular complexity index is 1200. The highest BCUT2D eigenvalue weighted by molar-refractivity contribution is 5.85. The van der Waals surface area contributed by atoms with Crippen LogP contribution >= 0.6 is 0 Å². The summed E-state index contributed by atoms with van der Waals surface area (Å²) in [6, 6.07) is 9.32. The maximum absolute atomic E-state index is 12.2. The molecule has 0 spiro atoms. The molecule has 9 heteroatoms. The van der Waals surface area contributed by atoms with Crippen LogP contribution in [0.1, 0.15) is 28.4 Å². The maximum Gasteiger partial charge on any atom is 0.378 e. The summed E-state index contributed by atoms with van der Waals surface area (Å²) in [7, 11) is 0. The van der Waals surface area contributed by atoms with Crippen molar-refractivity contribution in [1.29, 1.82) is 0 Å². The highest BCUT2D eigenvalue weighted by Crippen LogP contribution is 2.10. The van der Waals surface area contributed by atoms with Crippen LogP contribution in [0.4, 0.5) is 0 Å². The molecule has 27 heavy (non-hydrogen) atoms. The Morgan fingerprint density at radius 1 is 1.22 bits per heavy atom. The molecule has 4 aromatic rings. The lowest BCUT2D eigenvalue weighted by atomic mass is 10.3. The third-order valence-electron chi connectivity index (χ3n) is 4.24. The van der Waals surface area contributed by atoms with E-state index in [1.165, 1.54) is 4.52 Å². The number of H-pyrrole nitrogens is 1. The third kappa shape index (κ3) is 3.19. The zero-order valence-corrected chi connectivity index (χ0v) is 15.0.